The summed E-state index contributed by atoms with van der Waals surface area (Å²) in [5.41, 5.74) is 6.99. The fourth-order valence-corrected chi connectivity index (χ4v) is 2.75. The average molecular weight is 368 g/mol. The highest BCUT2D eigenvalue weighted by atomic mass is 16.6. The molecule has 0 unspecified atom stereocenters. The van der Waals surface area contributed by atoms with Crippen LogP contribution in [0.2, 0.25) is 0 Å². The summed E-state index contributed by atoms with van der Waals surface area (Å²) in [7, 11) is 1.62. The third kappa shape index (κ3) is 4.24. The van der Waals surface area contributed by atoms with Crippen LogP contribution in [0.4, 0.5) is 11.4 Å². The van der Waals surface area contributed by atoms with Crippen molar-refractivity contribution < 1.29 is 14.8 Å². The van der Waals surface area contributed by atoms with E-state index in [0.717, 1.165) is 28.3 Å². The third-order valence-corrected chi connectivity index (χ3v) is 4.12. The van der Waals surface area contributed by atoms with E-state index in [1.165, 1.54) is 12.1 Å². The van der Waals surface area contributed by atoms with Crippen molar-refractivity contribution in [2.45, 2.75) is 0 Å². The van der Waals surface area contributed by atoms with Crippen molar-refractivity contribution >= 4 is 23.3 Å². The molecule has 2 aromatic rings. The van der Waals surface area contributed by atoms with Gasteiger partial charge < -0.3 is 9.84 Å². The van der Waals surface area contributed by atoms with Gasteiger partial charge in [0.2, 0.25) is 0 Å². The molecule has 1 heterocycles. The number of nitro benzene ring substituents is 1. The van der Waals surface area contributed by atoms with E-state index < -0.39 is 4.92 Å². The van der Waals surface area contributed by atoms with Crippen LogP contribution in [0.1, 0.15) is 5.56 Å². The van der Waals surface area contributed by atoms with Crippen molar-refractivity contribution in [1.29, 1.82) is 0 Å². The Kier molecular flexibility index (Phi) is 5.68. The van der Waals surface area contributed by atoms with Gasteiger partial charge in [0.05, 0.1) is 43.1 Å². The molecular formula is C19H20N4O4. The SMILES string of the molecule is COc1ccc(C2=C(C=NCCO)CN(c3ccc([N+](=O)[O-])cc3)N2)cc1. The van der Waals surface area contributed by atoms with E-state index in [1.54, 1.807) is 25.5 Å². The number of hydrogen-bond donors (Lipinski definition) is 2. The second-order valence-electron chi connectivity index (χ2n) is 5.86. The summed E-state index contributed by atoms with van der Waals surface area (Å²) in [6, 6.07) is 14.0. The number of non-ortho nitro benzene ring substituents is 1. The predicted molar refractivity (Wildman–Crippen MR) is 104 cm³/mol. The van der Waals surface area contributed by atoms with Gasteiger partial charge in [-0.3, -0.25) is 25.5 Å². The van der Waals surface area contributed by atoms with E-state index in [9.17, 15) is 10.1 Å². The summed E-state index contributed by atoms with van der Waals surface area (Å²) in [6.45, 7) is 0.853. The Morgan fingerprint density at radius 2 is 1.96 bits per heavy atom. The van der Waals surface area contributed by atoms with Crippen LogP contribution in [0, 0.1) is 10.1 Å². The molecule has 8 nitrogen and oxygen atoms in total. The van der Waals surface area contributed by atoms with Crippen LogP contribution >= 0.6 is 0 Å². The zero-order valence-corrected chi connectivity index (χ0v) is 14.8. The minimum Gasteiger partial charge on any atom is -0.497 e. The van der Waals surface area contributed by atoms with Gasteiger partial charge in [0, 0.05) is 29.5 Å². The molecule has 0 saturated carbocycles. The van der Waals surface area contributed by atoms with Gasteiger partial charge in [-0.25, -0.2) is 0 Å². The molecule has 1 aliphatic heterocycles. The smallest absolute Gasteiger partial charge is 0.269 e. The average Bonchev–Trinajstić information content (AvgIpc) is 3.12. The largest absolute Gasteiger partial charge is 0.497 e. The Bertz CT molecular complexity index is 860. The number of nitrogens with one attached hydrogen (secondary N) is 1. The second kappa shape index (κ2) is 8.33. The van der Waals surface area contributed by atoms with Gasteiger partial charge in [-0.2, -0.15) is 0 Å². The van der Waals surface area contributed by atoms with Crippen molar-refractivity contribution in [2.24, 2.45) is 4.99 Å². The van der Waals surface area contributed by atoms with Crippen molar-refractivity contribution in [1.82, 2.24) is 5.43 Å². The van der Waals surface area contributed by atoms with E-state index in [1.807, 2.05) is 29.3 Å². The van der Waals surface area contributed by atoms with Crippen LogP contribution < -0.4 is 15.2 Å². The first-order valence-corrected chi connectivity index (χ1v) is 8.39. The summed E-state index contributed by atoms with van der Waals surface area (Å²) in [4.78, 5) is 14.7. The Hall–Kier alpha value is -3.39. The van der Waals surface area contributed by atoms with E-state index in [4.69, 9.17) is 9.84 Å². The Morgan fingerprint density at radius 3 is 2.56 bits per heavy atom. The zero-order chi connectivity index (χ0) is 19.2. The van der Waals surface area contributed by atoms with Gasteiger partial charge >= 0.3 is 0 Å². The molecule has 27 heavy (non-hydrogen) atoms. The summed E-state index contributed by atoms with van der Waals surface area (Å²) >= 11 is 0. The maximum atomic E-state index is 10.8. The molecule has 0 saturated heterocycles. The maximum Gasteiger partial charge on any atom is 0.269 e. The summed E-state index contributed by atoms with van der Waals surface area (Å²) < 4.78 is 5.20. The summed E-state index contributed by atoms with van der Waals surface area (Å²) in [5.74, 6) is 0.764. The van der Waals surface area contributed by atoms with Gasteiger partial charge in [0.15, 0.2) is 0 Å². The van der Waals surface area contributed by atoms with Crippen molar-refractivity contribution in [3.63, 3.8) is 0 Å². The molecule has 3 rings (SSSR count). The Balaban J connectivity index is 1.86. The first-order chi connectivity index (χ1) is 13.1. The van der Waals surface area contributed by atoms with Crippen molar-refractivity contribution in [3.8, 4) is 5.75 Å². The monoisotopic (exact) mass is 368 g/mol. The first kappa shape index (κ1) is 18.4. The predicted octanol–water partition coefficient (Wildman–Crippen LogP) is 2.40. The molecule has 0 amide bonds. The standard InChI is InChI=1S/C19H20N4O4/c1-27-18-8-2-14(3-9-18)19-15(12-20-10-11-24)13-22(21-19)16-4-6-17(7-5-16)23(25)26/h2-9,12,21,24H,10-11,13H2,1H3. The second-order valence-corrected chi connectivity index (χ2v) is 5.86. The van der Waals surface area contributed by atoms with Crippen molar-refractivity contribution in [3.05, 3.63) is 69.8 Å². The van der Waals surface area contributed by atoms with Crippen LogP contribution in [0.3, 0.4) is 0 Å². The summed E-state index contributed by atoms with van der Waals surface area (Å²) in [6.07, 6.45) is 1.74. The Morgan fingerprint density at radius 1 is 1.26 bits per heavy atom. The fraction of sp³-hybridized carbons (Fsp3) is 0.211. The number of methoxy groups -OCH3 is 1. The number of aliphatic imine (C=N–C) groups is 1. The topological polar surface area (TPSA) is 100 Å². The molecule has 0 aliphatic carbocycles. The summed E-state index contributed by atoms with van der Waals surface area (Å²) in [5, 5.41) is 21.7. The highest BCUT2D eigenvalue weighted by molar-refractivity contribution is 5.94. The van der Waals surface area contributed by atoms with Crippen LogP contribution in [0.15, 0.2) is 59.1 Å². The van der Waals surface area contributed by atoms with Gasteiger partial charge in [-0.15, -0.1) is 0 Å². The molecule has 2 N–H and O–H groups in total. The lowest BCUT2D eigenvalue weighted by atomic mass is 10.1. The van der Waals surface area contributed by atoms with E-state index in [-0.39, 0.29) is 12.3 Å². The minimum absolute atomic E-state index is 0.0128. The molecular weight excluding hydrogens is 348 g/mol. The molecule has 140 valence electrons. The molecule has 0 bridgehead atoms. The molecule has 1 aliphatic rings. The number of hydrazine groups is 1. The normalized spacial score (nSPS) is 13.9. The number of anilines is 1. The lowest BCUT2D eigenvalue weighted by Crippen LogP contribution is -2.31. The third-order valence-electron chi connectivity index (χ3n) is 4.12. The molecule has 2 aromatic carbocycles. The first-order valence-electron chi connectivity index (χ1n) is 8.39. The lowest BCUT2D eigenvalue weighted by molar-refractivity contribution is -0.384. The number of nitrogens with zero attached hydrogens (tertiary/aromatic N) is 3. The number of ether oxygens (including phenoxy) is 1. The van der Waals surface area contributed by atoms with Gasteiger partial charge in [0.25, 0.3) is 5.69 Å². The van der Waals surface area contributed by atoms with Gasteiger partial charge in [0.1, 0.15) is 5.75 Å². The van der Waals surface area contributed by atoms with E-state index in [0.29, 0.717) is 13.1 Å². The molecule has 8 heteroatoms. The van der Waals surface area contributed by atoms with Crippen LogP contribution in [-0.4, -0.2) is 43.1 Å². The molecule has 0 fully saturated rings. The van der Waals surface area contributed by atoms with Crippen LogP contribution in [0.25, 0.3) is 5.70 Å². The maximum absolute atomic E-state index is 10.8. The highest BCUT2D eigenvalue weighted by Gasteiger charge is 2.22. The number of aliphatic hydroxyl groups excluding tert-OH is 1. The number of benzene rings is 2. The van der Waals surface area contributed by atoms with Crippen molar-refractivity contribution in [2.75, 3.05) is 31.8 Å². The fourth-order valence-electron chi connectivity index (χ4n) is 2.75. The number of nitro groups is 1. The Labute approximate surface area is 156 Å². The molecule has 0 aromatic heterocycles. The quantitative estimate of drug-likeness (QED) is 0.442. The highest BCUT2D eigenvalue weighted by Crippen LogP contribution is 2.28. The number of rotatable bonds is 7. The van der Waals surface area contributed by atoms with Gasteiger partial charge in [-0.1, -0.05) is 0 Å². The minimum atomic E-state index is -0.421. The van der Waals surface area contributed by atoms with E-state index in [2.05, 4.69) is 10.4 Å². The van der Waals surface area contributed by atoms with Crippen LogP contribution in [0.5, 0.6) is 5.75 Å². The molecule has 0 spiro atoms. The van der Waals surface area contributed by atoms with E-state index >= 15 is 0 Å². The zero-order valence-electron chi connectivity index (χ0n) is 14.8. The molecule has 0 atom stereocenters. The number of aliphatic hydroxyl groups is 1. The molecule has 0 radical (unpaired) electrons. The lowest BCUT2D eigenvalue weighted by Gasteiger charge is -2.20. The van der Waals surface area contributed by atoms with Crippen LogP contribution in [-0.2, 0) is 0 Å². The van der Waals surface area contributed by atoms with Gasteiger partial charge in [-0.05, 0) is 36.4 Å². The number of hydrogen-bond acceptors (Lipinski definition) is 7.